The number of hydrogen-bond acceptors (Lipinski definition) is 3. The van der Waals surface area contributed by atoms with Crippen LogP contribution in [-0.4, -0.2) is 29.8 Å². The summed E-state index contributed by atoms with van der Waals surface area (Å²) in [6.45, 7) is 7.79. The number of imidazole rings is 1. The third-order valence-corrected chi connectivity index (χ3v) is 3.50. The molecule has 0 aliphatic rings. The van der Waals surface area contributed by atoms with Gasteiger partial charge in [-0.15, -0.1) is 0 Å². The highest BCUT2D eigenvalue weighted by Crippen LogP contribution is 2.25. The van der Waals surface area contributed by atoms with Crippen molar-refractivity contribution in [1.82, 2.24) is 9.55 Å². The van der Waals surface area contributed by atoms with E-state index in [1.165, 1.54) is 11.1 Å². The highest BCUT2D eigenvalue weighted by atomic mass is 16.5. The van der Waals surface area contributed by atoms with Crippen molar-refractivity contribution in [3.05, 3.63) is 47.3 Å². The summed E-state index contributed by atoms with van der Waals surface area (Å²) in [7, 11) is 1.70. The monoisotopic (exact) mass is 273 g/mol. The van der Waals surface area contributed by atoms with Crippen LogP contribution in [0, 0.1) is 13.8 Å². The Bertz CT molecular complexity index is 563. The van der Waals surface area contributed by atoms with Gasteiger partial charge >= 0.3 is 0 Å². The summed E-state index contributed by atoms with van der Waals surface area (Å²) in [6.07, 6.45) is 2.09. The number of methoxy groups -OCH3 is 1. The summed E-state index contributed by atoms with van der Waals surface area (Å²) in [5.41, 5.74) is 3.64. The maximum Gasteiger partial charge on any atom is 0.203 e. The number of anilines is 1. The van der Waals surface area contributed by atoms with Gasteiger partial charge < -0.3 is 14.6 Å². The van der Waals surface area contributed by atoms with E-state index in [4.69, 9.17) is 4.74 Å². The van der Waals surface area contributed by atoms with E-state index in [2.05, 4.69) is 59.2 Å². The van der Waals surface area contributed by atoms with Crippen LogP contribution in [0.4, 0.5) is 5.95 Å². The van der Waals surface area contributed by atoms with Gasteiger partial charge in [0.1, 0.15) is 0 Å². The average molecular weight is 273 g/mol. The zero-order valence-electron chi connectivity index (χ0n) is 12.7. The van der Waals surface area contributed by atoms with E-state index in [0.29, 0.717) is 6.61 Å². The average Bonchev–Trinajstić information content (AvgIpc) is 2.80. The molecular formula is C16H23N3O. The molecule has 0 aliphatic heterocycles. The third kappa shape index (κ3) is 3.20. The molecule has 0 fully saturated rings. The Labute approximate surface area is 120 Å². The Balaban J connectivity index is 2.25. The van der Waals surface area contributed by atoms with Gasteiger partial charge in [0.2, 0.25) is 5.95 Å². The molecule has 1 N–H and O–H groups in total. The Morgan fingerprint density at radius 2 is 2.05 bits per heavy atom. The second-order valence-corrected chi connectivity index (χ2v) is 5.07. The number of aromatic nitrogens is 2. The molecule has 2 aromatic rings. The number of hydrogen-bond donors (Lipinski definition) is 1. The van der Waals surface area contributed by atoms with Gasteiger partial charge in [0.05, 0.1) is 18.3 Å². The maximum absolute atomic E-state index is 5.07. The minimum atomic E-state index is 0.252. The molecule has 4 nitrogen and oxygen atoms in total. The second kappa shape index (κ2) is 6.57. The zero-order valence-corrected chi connectivity index (χ0v) is 12.7. The molecule has 20 heavy (non-hydrogen) atoms. The van der Waals surface area contributed by atoms with Crippen molar-refractivity contribution in [1.29, 1.82) is 0 Å². The first-order valence-corrected chi connectivity index (χ1v) is 6.97. The van der Waals surface area contributed by atoms with Crippen LogP contribution in [0.25, 0.3) is 0 Å². The molecular weight excluding hydrogens is 250 g/mol. The Morgan fingerprint density at radius 3 is 2.75 bits per heavy atom. The SMILES string of the molecule is COCCNc1nc(C)cn1C(C)c1ccccc1C. The molecule has 108 valence electrons. The maximum atomic E-state index is 5.07. The molecule has 0 spiro atoms. The van der Waals surface area contributed by atoms with Crippen LogP contribution in [0.3, 0.4) is 0 Å². The first-order valence-electron chi connectivity index (χ1n) is 6.97. The fourth-order valence-corrected chi connectivity index (χ4v) is 2.41. The normalized spacial score (nSPS) is 12.4. The van der Waals surface area contributed by atoms with Crippen molar-refractivity contribution in [2.45, 2.75) is 26.8 Å². The van der Waals surface area contributed by atoms with Gasteiger partial charge in [-0.1, -0.05) is 24.3 Å². The molecule has 0 bridgehead atoms. The highest BCUT2D eigenvalue weighted by molar-refractivity contribution is 5.35. The van der Waals surface area contributed by atoms with Crippen LogP contribution in [0.15, 0.2) is 30.5 Å². The summed E-state index contributed by atoms with van der Waals surface area (Å²) in [5.74, 6) is 0.898. The number of ether oxygens (including phenoxy) is 1. The van der Waals surface area contributed by atoms with Crippen molar-refractivity contribution in [3.8, 4) is 0 Å². The predicted molar refractivity (Wildman–Crippen MR) is 82.3 cm³/mol. The van der Waals surface area contributed by atoms with Crippen LogP contribution in [0.5, 0.6) is 0 Å². The summed E-state index contributed by atoms with van der Waals surface area (Å²) >= 11 is 0. The van der Waals surface area contributed by atoms with Gasteiger partial charge in [-0.2, -0.15) is 0 Å². The van der Waals surface area contributed by atoms with Gasteiger partial charge in [0.15, 0.2) is 0 Å². The van der Waals surface area contributed by atoms with Crippen LogP contribution < -0.4 is 5.32 Å². The number of rotatable bonds is 6. The van der Waals surface area contributed by atoms with Gasteiger partial charge in [0, 0.05) is 19.9 Å². The van der Waals surface area contributed by atoms with Crippen LogP contribution in [0.1, 0.15) is 29.8 Å². The van der Waals surface area contributed by atoms with E-state index in [1.807, 2.05) is 6.92 Å². The topological polar surface area (TPSA) is 39.1 Å². The Hall–Kier alpha value is -1.81. The number of nitrogens with zero attached hydrogens (tertiary/aromatic N) is 2. The van der Waals surface area contributed by atoms with Crippen LogP contribution in [0.2, 0.25) is 0 Å². The molecule has 4 heteroatoms. The van der Waals surface area contributed by atoms with E-state index in [1.54, 1.807) is 7.11 Å². The number of benzene rings is 1. The Morgan fingerprint density at radius 1 is 1.30 bits per heavy atom. The highest BCUT2D eigenvalue weighted by Gasteiger charge is 2.14. The van der Waals surface area contributed by atoms with Gasteiger partial charge in [-0.25, -0.2) is 4.98 Å². The molecule has 0 saturated carbocycles. The number of nitrogens with one attached hydrogen (secondary N) is 1. The molecule has 1 unspecified atom stereocenters. The van der Waals surface area contributed by atoms with Gasteiger partial charge in [0.25, 0.3) is 0 Å². The molecule has 0 radical (unpaired) electrons. The fourth-order valence-electron chi connectivity index (χ4n) is 2.41. The van der Waals surface area contributed by atoms with Crippen molar-refractivity contribution in [3.63, 3.8) is 0 Å². The standard InChI is InChI=1S/C16H23N3O/c1-12-7-5-6-8-15(12)14(3)19-11-13(2)18-16(19)17-9-10-20-4/h5-8,11,14H,9-10H2,1-4H3,(H,17,18). The first kappa shape index (κ1) is 14.6. The van der Waals surface area contributed by atoms with Crippen molar-refractivity contribution in [2.75, 3.05) is 25.6 Å². The quantitative estimate of drug-likeness (QED) is 0.822. The molecule has 0 saturated heterocycles. The third-order valence-electron chi connectivity index (χ3n) is 3.50. The van der Waals surface area contributed by atoms with Gasteiger partial charge in [-0.3, -0.25) is 0 Å². The van der Waals surface area contributed by atoms with Crippen LogP contribution in [-0.2, 0) is 4.74 Å². The van der Waals surface area contributed by atoms with E-state index in [0.717, 1.165) is 18.2 Å². The molecule has 0 aliphatic carbocycles. The largest absolute Gasteiger partial charge is 0.383 e. The lowest BCUT2D eigenvalue weighted by Gasteiger charge is -2.19. The lowest BCUT2D eigenvalue weighted by Crippen LogP contribution is -2.15. The molecule has 0 amide bonds. The molecule has 1 heterocycles. The Kier molecular flexibility index (Phi) is 4.79. The molecule has 1 aromatic carbocycles. The van der Waals surface area contributed by atoms with Crippen molar-refractivity contribution < 1.29 is 4.74 Å². The molecule has 1 aromatic heterocycles. The second-order valence-electron chi connectivity index (χ2n) is 5.07. The smallest absolute Gasteiger partial charge is 0.203 e. The summed E-state index contributed by atoms with van der Waals surface area (Å²) in [5, 5.41) is 3.33. The number of aryl methyl sites for hydroxylation is 2. The van der Waals surface area contributed by atoms with Crippen LogP contribution >= 0.6 is 0 Å². The first-order chi connectivity index (χ1) is 9.63. The van der Waals surface area contributed by atoms with Crippen molar-refractivity contribution in [2.24, 2.45) is 0 Å². The lowest BCUT2D eigenvalue weighted by atomic mass is 10.0. The lowest BCUT2D eigenvalue weighted by molar-refractivity contribution is 0.210. The van der Waals surface area contributed by atoms with E-state index >= 15 is 0 Å². The fraction of sp³-hybridized carbons (Fsp3) is 0.438. The zero-order chi connectivity index (χ0) is 14.5. The molecule has 1 atom stereocenters. The van der Waals surface area contributed by atoms with E-state index in [9.17, 15) is 0 Å². The van der Waals surface area contributed by atoms with Gasteiger partial charge in [-0.05, 0) is 31.9 Å². The minimum Gasteiger partial charge on any atom is -0.383 e. The molecule has 2 rings (SSSR count). The summed E-state index contributed by atoms with van der Waals surface area (Å²) in [4.78, 5) is 4.55. The summed E-state index contributed by atoms with van der Waals surface area (Å²) < 4.78 is 7.26. The van der Waals surface area contributed by atoms with E-state index < -0.39 is 0 Å². The summed E-state index contributed by atoms with van der Waals surface area (Å²) in [6, 6.07) is 8.73. The minimum absolute atomic E-state index is 0.252. The van der Waals surface area contributed by atoms with Crippen molar-refractivity contribution >= 4 is 5.95 Å². The predicted octanol–water partition coefficient (Wildman–Crippen LogP) is 3.17. The van der Waals surface area contributed by atoms with E-state index in [-0.39, 0.29) is 6.04 Å².